The smallest absolute Gasteiger partial charge is 0.0282 e. The molecular formula is C21H30S2. The van der Waals surface area contributed by atoms with Crippen LogP contribution in [-0.2, 0) is 0 Å². The van der Waals surface area contributed by atoms with E-state index in [-0.39, 0.29) is 0 Å². The average molecular weight is 347 g/mol. The van der Waals surface area contributed by atoms with Crippen LogP contribution >= 0.6 is 24.4 Å². The molecule has 0 aromatic rings. The van der Waals surface area contributed by atoms with Gasteiger partial charge in [0, 0.05) is 5.25 Å². The molecule has 0 N–H and O–H groups in total. The van der Waals surface area contributed by atoms with Crippen LogP contribution in [0.2, 0.25) is 0 Å². The molecule has 2 atom stereocenters. The lowest BCUT2D eigenvalue weighted by atomic mass is 9.85. The van der Waals surface area contributed by atoms with Gasteiger partial charge in [-0.15, -0.1) is 0 Å². The van der Waals surface area contributed by atoms with Gasteiger partial charge in [-0.1, -0.05) is 55.4 Å². The van der Waals surface area contributed by atoms with E-state index in [1.807, 2.05) is 17.2 Å². The summed E-state index contributed by atoms with van der Waals surface area (Å²) in [6.07, 6.45) is 16.6. The van der Waals surface area contributed by atoms with Crippen molar-refractivity contribution in [1.82, 2.24) is 0 Å². The Morgan fingerprint density at radius 2 is 2.09 bits per heavy atom. The molecule has 0 aromatic heterocycles. The second-order valence-electron chi connectivity index (χ2n) is 6.97. The van der Waals surface area contributed by atoms with Crippen molar-refractivity contribution in [3.05, 3.63) is 58.1 Å². The molecule has 2 aliphatic rings. The quantitative estimate of drug-likeness (QED) is 0.511. The van der Waals surface area contributed by atoms with Crippen LogP contribution < -0.4 is 0 Å². The summed E-state index contributed by atoms with van der Waals surface area (Å²) < 4.78 is 0. The van der Waals surface area contributed by atoms with E-state index in [1.165, 1.54) is 36.0 Å². The van der Waals surface area contributed by atoms with Crippen molar-refractivity contribution in [3.8, 4) is 0 Å². The van der Waals surface area contributed by atoms with Crippen molar-refractivity contribution >= 4 is 24.4 Å². The van der Waals surface area contributed by atoms with Crippen LogP contribution in [0.4, 0.5) is 0 Å². The van der Waals surface area contributed by atoms with Gasteiger partial charge in [0.25, 0.3) is 0 Å². The van der Waals surface area contributed by atoms with Gasteiger partial charge in [-0.25, -0.2) is 0 Å². The highest BCUT2D eigenvalue weighted by atomic mass is 32.2. The molecule has 0 radical (unpaired) electrons. The van der Waals surface area contributed by atoms with Gasteiger partial charge in [-0.3, -0.25) is 0 Å². The normalized spacial score (nSPS) is 23.5. The molecule has 126 valence electrons. The monoisotopic (exact) mass is 346 g/mol. The molecule has 0 nitrogen and oxygen atoms in total. The Balaban J connectivity index is 2.07. The number of hydrogen-bond donors (Lipinski definition) is 1. The fraction of sp³-hybridized carbons (Fsp3) is 0.524. The highest BCUT2D eigenvalue weighted by molar-refractivity contribution is 8.00. The number of thioether (sulfide) groups is 1. The van der Waals surface area contributed by atoms with E-state index in [0.717, 1.165) is 6.42 Å². The fourth-order valence-corrected chi connectivity index (χ4v) is 4.91. The van der Waals surface area contributed by atoms with Crippen LogP contribution in [0.1, 0.15) is 53.4 Å². The van der Waals surface area contributed by atoms with Crippen molar-refractivity contribution in [2.24, 2.45) is 5.92 Å². The van der Waals surface area contributed by atoms with Crippen molar-refractivity contribution in [1.29, 1.82) is 0 Å². The zero-order valence-electron chi connectivity index (χ0n) is 14.9. The molecule has 0 spiro atoms. The number of allylic oxidation sites excluding steroid dienone is 8. The Morgan fingerprint density at radius 3 is 2.70 bits per heavy atom. The van der Waals surface area contributed by atoms with Gasteiger partial charge in [0.1, 0.15) is 0 Å². The molecule has 0 aliphatic heterocycles. The SMILES string of the molecule is CC1=CC=C(CC2C=C(/C(=C\S)C(C)SC(C)C)C=CC2)CC1. The zero-order chi connectivity index (χ0) is 16.8. The largest absolute Gasteiger partial charge is 0.151 e. The van der Waals surface area contributed by atoms with Crippen molar-refractivity contribution in [2.75, 3.05) is 0 Å². The molecule has 0 aromatic carbocycles. The maximum atomic E-state index is 4.49. The standard InChI is InChI=1S/C21H30S2/c1-15(2)23-17(4)21(14-22)20-7-5-6-19(13-20)12-18-10-8-16(3)9-11-18/h5,7-8,10,13-15,17,19,22H,6,9,11-12H2,1-4H3/b21-14-. The summed E-state index contributed by atoms with van der Waals surface area (Å²) in [4.78, 5) is 0. The van der Waals surface area contributed by atoms with Crippen molar-refractivity contribution < 1.29 is 0 Å². The van der Waals surface area contributed by atoms with E-state index in [4.69, 9.17) is 0 Å². The van der Waals surface area contributed by atoms with E-state index in [9.17, 15) is 0 Å². The van der Waals surface area contributed by atoms with Crippen molar-refractivity contribution in [2.45, 2.75) is 63.9 Å². The topological polar surface area (TPSA) is 0 Å². The van der Waals surface area contributed by atoms with E-state index >= 15 is 0 Å². The van der Waals surface area contributed by atoms with E-state index < -0.39 is 0 Å². The minimum absolute atomic E-state index is 0.488. The Bertz CT molecular complexity index is 558. The molecule has 0 heterocycles. The summed E-state index contributed by atoms with van der Waals surface area (Å²) >= 11 is 6.50. The first-order chi connectivity index (χ1) is 11.0. The Kier molecular flexibility index (Phi) is 7.36. The molecule has 0 saturated heterocycles. The molecule has 0 amide bonds. The van der Waals surface area contributed by atoms with Gasteiger partial charge < -0.3 is 0 Å². The molecule has 0 saturated carbocycles. The first-order valence-corrected chi connectivity index (χ1v) is 10.2. The minimum Gasteiger partial charge on any atom is -0.151 e. The van der Waals surface area contributed by atoms with Crippen LogP contribution in [0, 0.1) is 5.92 Å². The lowest BCUT2D eigenvalue weighted by molar-refractivity contribution is 0.623. The zero-order valence-corrected chi connectivity index (χ0v) is 16.6. The van der Waals surface area contributed by atoms with Crippen LogP contribution in [0.5, 0.6) is 0 Å². The molecule has 2 heteroatoms. The number of thiol groups is 1. The Hall–Kier alpha value is -0.600. The van der Waals surface area contributed by atoms with Crippen LogP contribution in [0.15, 0.2) is 58.1 Å². The Labute approximate surface area is 152 Å². The summed E-state index contributed by atoms with van der Waals surface area (Å²) in [6, 6.07) is 0. The maximum absolute atomic E-state index is 4.49. The molecular weight excluding hydrogens is 316 g/mol. The van der Waals surface area contributed by atoms with Gasteiger partial charge in [0.15, 0.2) is 0 Å². The fourth-order valence-electron chi connectivity index (χ4n) is 3.27. The second-order valence-corrected chi connectivity index (χ2v) is 9.15. The van der Waals surface area contributed by atoms with Gasteiger partial charge >= 0.3 is 0 Å². The molecule has 2 aliphatic carbocycles. The predicted molar refractivity (Wildman–Crippen MR) is 110 cm³/mol. The third kappa shape index (κ3) is 5.76. The van der Waals surface area contributed by atoms with Gasteiger partial charge in [0.2, 0.25) is 0 Å². The summed E-state index contributed by atoms with van der Waals surface area (Å²) in [5.41, 5.74) is 5.85. The van der Waals surface area contributed by atoms with E-state index in [2.05, 4.69) is 70.7 Å². The average Bonchev–Trinajstić information content (AvgIpc) is 2.50. The lowest BCUT2D eigenvalue weighted by Crippen LogP contribution is -2.10. The second kappa shape index (κ2) is 9.03. The molecule has 2 unspecified atom stereocenters. The minimum atomic E-state index is 0.488. The Morgan fingerprint density at radius 1 is 1.30 bits per heavy atom. The number of hydrogen-bond acceptors (Lipinski definition) is 2. The number of rotatable bonds is 6. The summed E-state index contributed by atoms with van der Waals surface area (Å²) in [5, 5.41) is 3.13. The van der Waals surface area contributed by atoms with E-state index in [1.54, 1.807) is 5.57 Å². The van der Waals surface area contributed by atoms with Gasteiger partial charge in [-0.2, -0.15) is 24.4 Å². The molecule has 0 fully saturated rings. The first-order valence-electron chi connectivity index (χ1n) is 8.73. The highest BCUT2D eigenvalue weighted by Crippen LogP contribution is 2.34. The maximum Gasteiger partial charge on any atom is 0.0282 e. The van der Waals surface area contributed by atoms with Gasteiger partial charge in [0.05, 0.1) is 0 Å². The van der Waals surface area contributed by atoms with Crippen LogP contribution in [-0.4, -0.2) is 10.5 Å². The van der Waals surface area contributed by atoms with E-state index in [0.29, 0.717) is 16.4 Å². The first kappa shape index (κ1) is 18.7. The van der Waals surface area contributed by atoms with Crippen LogP contribution in [0.3, 0.4) is 0 Å². The lowest BCUT2D eigenvalue weighted by Gasteiger charge is -2.24. The predicted octanol–water partition coefficient (Wildman–Crippen LogP) is 6.89. The summed E-state index contributed by atoms with van der Waals surface area (Å²) in [7, 11) is 0. The van der Waals surface area contributed by atoms with Crippen LogP contribution in [0.25, 0.3) is 0 Å². The third-order valence-electron chi connectivity index (χ3n) is 4.51. The third-order valence-corrected chi connectivity index (χ3v) is 5.99. The molecule has 2 rings (SSSR count). The summed E-state index contributed by atoms with van der Waals surface area (Å²) in [6.45, 7) is 9.04. The molecule has 0 bridgehead atoms. The van der Waals surface area contributed by atoms with Crippen molar-refractivity contribution in [3.63, 3.8) is 0 Å². The summed E-state index contributed by atoms with van der Waals surface area (Å²) in [5.74, 6) is 0.632. The highest BCUT2D eigenvalue weighted by Gasteiger charge is 2.18. The van der Waals surface area contributed by atoms with Gasteiger partial charge in [-0.05, 0) is 67.3 Å². The molecule has 23 heavy (non-hydrogen) atoms.